The van der Waals surface area contributed by atoms with E-state index in [4.69, 9.17) is 47.4 Å². The lowest BCUT2D eigenvalue weighted by Crippen LogP contribution is -2.66. The number of hydrogen-bond donors (Lipinski definition) is 1. The summed E-state index contributed by atoms with van der Waals surface area (Å²) in [6.07, 6.45) is -9.48. The van der Waals surface area contributed by atoms with Gasteiger partial charge in [-0.05, 0) is 38.9 Å². The number of rotatable bonds is 25. The second-order valence-electron chi connectivity index (χ2n) is 18.0. The van der Waals surface area contributed by atoms with Crippen molar-refractivity contribution in [2.24, 2.45) is 0 Å². The topological polar surface area (TPSA) is 113 Å². The molecule has 2 aliphatic rings. The first-order chi connectivity index (χ1) is 35.6. The van der Waals surface area contributed by atoms with Crippen LogP contribution in [0.3, 0.4) is 0 Å². The number of hydrogen-bond acceptors (Lipinski definition) is 11. The molecule has 0 saturated carbocycles. The van der Waals surface area contributed by atoms with E-state index < -0.39 is 61.4 Å². The summed E-state index contributed by atoms with van der Waals surface area (Å²) in [5, 5.41) is 12.3. The highest BCUT2D eigenvalue weighted by Gasteiger charge is 2.54. The molecule has 72 heavy (non-hydrogen) atoms. The third-order valence-corrected chi connectivity index (χ3v) is 12.7. The van der Waals surface area contributed by atoms with Crippen LogP contribution in [0.4, 0.5) is 0 Å². The van der Waals surface area contributed by atoms with E-state index >= 15 is 0 Å². The molecule has 10 atom stereocenters. The van der Waals surface area contributed by atoms with Crippen LogP contribution in [0, 0.1) is 0 Å². The standard InChI is InChI=1S/C61H64O11/c62-60-58(56(67-40-49-30-16-5-17-31-49)54(65-38-47-26-12-3-13-27-47)52(70-60)43-63-36-45-22-8-1-9-23-45)72-61-59(69-42-51-34-20-7-21-35-51)57(68-41-50-32-18-6-19-33-50)55(66-39-48-28-14-4-15-29-48)53(71-61)44-64-37-46-24-10-2-11-25-46/h1-35,52-62H,36-44H2/t52-,53-,54-,55-,56+,57+,58+,59+,60+,61+/m1/s1. The second-order valence-corrected chi connectivity index (χ2v) is 18.0. The largest absolute Gasteiger partial charge is 0.374 e. The van der Waals surface area contributed by atoms with Crippen molar-refractivity contribution in [3.8, 4) is 0 Å². The van der Waals surface area contributed by atoms with Crippen molar-refractivity contribution in [2.75, 3.05) is 13.2 Å². The van der Waals surface area contributed by atoms with Gasteiger partial charge in [0.2, 0.25) is 0 Å². The van der Waals surface area contributed by atoms with Gasteiger partial charge in [0.1, 0.15) is 48.8 Å². The summed E-state index contributed by atoms with van der Waals surface area (Å²) in [7, 11) is 0. The Kier molecular flexibility index (Phi) is 19.3. The fourth-order valence-corrected chi connectivity index (χ4v) is 8.98. The van der Waals surface area contributed by atoms with Crippen molar-refractivity contribution in [3.63, 3.8) is 0 Å². The average Bonchev–Trinajstić information content (AvgIpc) is 3.43. The zero-order valence-corrected chi connectivity index (χ0v) is 40.4. The molecule has 2 fully saturated rings. The Morgan fingerprint density at radius 1 is 0.292 bits per heavy atom. The zero-order chi connectivity index (χ0) is 49.0. The van der Waals surface area contributed by atoms with Crippen molar-refractivity contribution in [3.05, 3.63) is 251 Å². The minimum absolute atomic E-state index is 0.0999. The predicted octanol–water partition coefficient (Wildman–Crippen LogP) is 10.2. The molecular formula is C61H64O11. The van der Waals surface area contributed by atoms with E-state index in [0.717, 1.165) is 38.9 Å². The molecule has 0 aliphatic carbocycles. The van der Waals surface area contributed by atoms with E-state index in [2.05, 4.69) is 0 Å². The number of ether oxygens (including phenoxy) is 10. The van der Waals surface area contributed by atoms with Gasteiger partial charge < -0.3 is 52.5 Å². The van der Waals surface area contributed by atoms with Gasteiger partial charge in [0, 0.05) is 0 Å². The molecule has 7 aromatic carbocycles. The molecule has 11 nitrogen and oxygen atoms in total. The maximum atomic E-state index is 12.3. The zero-order valence-electron chi connectivity index (χ0n) is 40.4. The maximum absolute atomic E-state index is 12.3. The summed E-state index contributed by atoms with van der Waals surface area (Å²) >= 11 is 0. The molecular weight excluding hydrogens is 909 g/mol. The van der Waals surface area contributed by atoms with Crippen LogP contribution in [0.1, 0.15) is 38.9 Å². The van der Waals surface area contributed by atoms with Crippen molar-refractivity contribution >= 4 is 0 Å². The highest BCUT2D eigenvalue weighted by atomic mass is 16.8. The smallest absolute Gasteiger partial charge is 0.187 e. The van der Waals surface area contributed by atoms with Crippen LogP contribution >= 0.6 is 0 Å². The normalized spacial score (nSPS) is 24.2. The lowest BCUT2D eigenvalue weighted by Gasteiger charge is -2.49. The molecule has 1 N–H and O–H groups in total. The van der Waals surface area contributed by atoms with Gasteiger partial charge in [0.05, 0.1) is 59.5 Å². The van der Waals surface area contributed by atoms with Crippen LogP contribution in [0.25, 0.3) is 0 Å². The summed E-state index contributed by atoms with van der Waals surface area (Å²) in [4.78, 5) is 0. The molecule has 374 valence electrons. The number of aliphatic hydroxyl groups excluding tert-OH is 1. The highest BCUT2D eigenvalue weighted by molar-refractivity contribution is 5.19. The summed E-state index contributed by atoms with van der Waals surface area (Å²) in [6, 6.07) is 69.6. The fraction of sp³-hybridized carbons (Fsp3) is 0.311. The molecule has 2 aliphatic heterocycles. The molecule has 2 saturated heterocycles. The van der Waals surface area contributed by atoms with E-state index in [1.54, 1.807) is 0 Å². The van der Waals surface area contributed by atoms with E-state index in [0.29, 0.717) is 13.2 Å². The molecule has 0 aromatic heterocycles. The Morgan fingerprint density at radius 2 is 0.556 bits per heavy atom. The Bertz CT molecular complexity index is 2550. The molecule has 0 bridgehead atoms. The van der Waals surface area contributed by atoms with Gasteiger partial charge in [-0.25, -0.2) is 0 Å². The summed E-state index contributed by atoms with van der Waals surface area (Å²) in [6.45, 7) is 2.01. The van der Waals surface area contributed by atoms with Crippen LogP contribution in [-0.4, -0.2) is 79.7 Å². The van der Waals surface area contributed by atoms with Gasteiger partial charge >= 0.3 is 0 Å². The van der Waals surface area contributed by atoms with Crippen molar-refractivity contribution < 1.29 is 52.5 Å². The molecule has 0 spiro atoms. The van der Waals surface area contributed by atoms with Crippen molar-refractivity contribution in [1.29, 1.82) is 0 Å². The van der Waals surface area contributed by atoms with Gasteiger partial charge in [0.15, 0.2) is 12.6 Å². The van der Waals surface area contributed by atoms with Gasteiger partial charge in [0.25, 0.3) is 0 Å². The SMILES string of the molecule is O[C@H]1O[C@H](COCc2ccccc2)[C@@H](OCc2ccccc2)[C@H](OCc2ccccc2)[C@@H]1O[C@@H]1O[C@H](COCc2ccccc2)[C@@H](OCc2ccccc2)[C@H](OCc2ccccc2)[C@@H]1OCc1ccccc1. The van der Waals surface area contributed by atoms with Crippen LogP contribution in [0.2, 0.25) is 0 Å². The van der Waals surface area contributed by atoms with Gasteiger partial charge in [-0.15, -0.1) is 0 Å². The lowest BCUT2D eigenvalue weighted by atomic mass is 9.96. The molecule has 0 amide bonds. The third kappa shape index (κ3) is 14.8. The third-order valence-electron chi connectivity index (χ3n) is 12.7. The van der Waals surface area contributed by atoms with Gasteiger partial charge in [-0.3, -0.25) is 0 Å². The first kappa shape index (κ1) is 51.0. The minimum Gasteiger partial charge on any atom is -0.374 e. The molecule has 0 unspecified atom stereocenters. The molecule has 11 heteroatoms. The molecule has 0 radical (unpaired) electrons. The van der Waals surface area contributed by atoms with Crippen molar-refractivity contribution in [2.45, 2.75) is 108 Å². The van der Waals surface area contributed by atoms with Crippen LogP contribution in [0.15, 0.2) is 212 Å². The molecule has 2 heterocycles. The van der Waals surface area contributed by atoms with E-state index in [1.165, 1.54) is 0 Å². The maximum Gasteiger partial charge on any atom is 0.187 e. The average molecular weight is 973 g/mol. The Balaban J connectivity index is 1.07. The Labute approximate surface area is 423 Å². The summed E-state index contributed by atoms with van der Waals surface area (Å²) in [5.74, 6) is 0. The van der Waals surface area contributed by atoms with Crippen LogP contribution in [-0.2, 0) is 93.6 Å². The van der Waals surface area contributed by atoms with Crippen LogP contribution in [0.5, 0.6) is 0 Å². The first-order valence-electron chi connectivity index (χ1n) is 24.8. The molecule has 9 rings (SSSR count). The van der Waals surface area contributed by atoms with Gasteiger partial charge in [-0.2, -0.15) is 0 Å². The van der Waals surface area contributed by atoms with E-state index in [9.17, 15) is 5.11 Å². The van der Waals surface area contributed by atoms with Crippen LogP contribution < -0.4 is 0 Å². The second kappa shape index (κ2) is 27.2. The first-order valence-corrected chi connectivity index (χ1v) is 24.8. The molecule has 7 aromatic rings. The Morgan fingerprint density at radius 3 is 0.889 bits per heavy atom. The summed E-state index contributed by atoms with van der Waals surface area (Å²) < 4.78 is 68.3. The van der Waals surface area contributed by atoms with Crippen molar-refractivity contribution in [1.82, 2.24) is 0 Å². The van der Waals surface area contributed by atoms with E-state index in [-0.39, 0.29) is 46.2 Å². The monoisotopic (exact) mass is 972 g/mol. The lowest BCUT2D eigenvalue weighted by molar-refractivity contribution is -0.379. The number of aliphatic hydroxyl groups is 1. The predicted molar refractivity (Wildman–Crippen MR) is 272 cm³/mol. The number of benzene rings is 7. The Hall–Kier alpha value is -5.90. The fourth-order valence-electron chi connectivity index (χ4n) is 8.98. The highest BCUT2D eigenvalue weighted by Crippen LogP contribution is 2.36. The quantitative estimate of drug-likeness (QED) is 0.0591. The van der Waals surface area contributed by atoms with E-state index in [1.807, 2.05) is 212 Å². The minimum atomic E-state index is -1.52. The van der Waals surface area contributed by atoms with Gasteiger partial charge in [-0.1, -0.05) is 212 Å². The summed E-state index contributed by atoms with van der Waals surface area (Å²) in [5.41, 5.74) is 6.77.